The maximum Gasteiger partial charge on any atom is 0.227 e. The summed E-state index contributed by atoms with van der Waals surface area (Å²) in [5.74, 6) is -1.13. The van der Waals surface area contributed by atoms with Crippen molar-refractivity contribution in [2.24, 2.45) is 0 Å². The van der Waals surface area contributed by atoms with Crippen LogP contribution in [0.2, 0.25) is 0 Å². The van der Waals surface area contributed by atoms with Crippen LogP contribution in [-0.2, 0) is 24.0 Å². The number of ether oxygens (including phenoxy) is 4. The normalized spacial score (nSPS) is 25.9. The average molecular weight is 480 g/mol. The van der Waals surface area contributed by atoms with Crippen LogP contribution in [0.1, 0.15) is 49.7 Å². The van der Waals surface area contributed by atoms with Crippen LogP contribution in [0.4, 0.5) is 0 Å². The van der Waals surface area contributed by atoms with Gasteiger partial charge in [0.1, 0.15) is 0 Å². The molecule has 7 heteroatoms. The van der Waals surface area contributed by atoms with Crippen LogP contribution >= 0.6 is 0 Å². The molecule has 1 aliphatic carbocycles. The highest BCUT2D eigenvalue weighted by Gasteiger charge is 2.29. The Bertz CT molecular complexity index is 1470. The third kappa shape index (κ3) is 4.94. The maximum absolute atomic E-state index is 13.4. The van der Waals surface area contributed by atoms with Crippen LogP contribution in [0, 0.1) is 0 Å². The van der Waals surface area contributed by atoms with Gasteiger partial charge in [-0.1, -0.05) is 0 Å². The molecule has 184 valence electrons. The predicted octanol–water partition coefficient (Wildman–Crippen LogP) is 3.31. The van der Waals surface area contributed by atoms with Gasteiger partial charge in [0.2, 0.25) is 5.91 Å². The molecule has 7 nitrogen and oxygen atoms in total. The average Bonchev–Trinajstić information content (AvgIpc) is 2.96. The summed E-state index contributed by atoms with van der Waals surface area (Å²) in [6, 6.07) is 5.66. The first-order valence-corrected chi connectivity index (χ1v) is 10.8. The highest BCUT2D eigenvalue weighted by atomic mass is 16.5. The minimum Gasteiger partial charge on any atom is -0.493 e. The molecule has 1 heterocycles. The maximum atomic E-state index is 13.4. The second kappa shape index (κ2) is 10.6. The standard InChI is InChI=1S/C27H36N2O5/c1-28(17-21-11-20-14-25(33-4)26(34-5)16-22(20)21)8-6-9-29-10-7-18-12-23(31-2)24(32-3)13-19(18)15-27(29)30/h12-14,16,21H,6-11,15,17H2,1-5H3/i3D3,7D2,8D2,10D2,17D2. The minimum atomic E-state index is -2.98. The van der Waals surface area contributed by atoms with Crippen LogP contribution in [-0.4, -0.2) is 77.2 Å². The monoisotopic (exact) mass is 479 g/mol. The third-order valence-corrected chi connectivity index (χ3v) is 5.95. The van der Waals surface area contributed by atoms with E-state index in [1.54, 1.807) is 12.1 Å². The van der Waals surface area contributed by atoms with E-state index in [0.29, 0.717) is 28.4 Å². The van der Waals surface area contributed by atoms with Crippen LogP contribution in [0.15, 0.2) is 24.3 Å². The molecular weight excluding hydrogens is 432 g/mol. The lowest BCUT2D eigenvalue weighted by Crippen LogP contribution is -2.36. The summed E-state index contributed by atoms with van der Waals surface area (Å²) in [6.45, 7) is -8.18. The number of amides is 1. The van der Waals surface area contributed by atoms with Crippen molar-refractivity contribution >= 4 is 5.91 Å². The van der Waals surface area contributed by atoms with Crippen molar-refractivity contribution in [3.63, 3.8) is 0 Å². The van der Waals surface area contributed by atoms with Gasteiger partial charge in [-0.2, -0.15) is 0 Å². The smallest absolute Gasteiger partial charge is 0.227 e. The van der Waals surface area contributed by atoms with Crippen molar-refractivity contribution in [3.05, 3.63) is 46.5 Å². The van der Waals surface area contributed by atoms with Gasteiger partial charge >= 0.3 is 0 Å². The zero-order chi connectivity index (χ0) is 33.9. The van der Waals surface area contributed by atoms with Gasteiger partial charge in [0.15, 0.2) is 23.0 Å². The summed E-state index contributed by atoms with van der Waals surface area (Å²) in [5, 5.41) is 0. The molecule has 34 heavy (non-hydrogen) atoms. The molecule has 0 bridgehead atoms. The summed E-state index contributed by atoms with van der Waals surface area (Å²) < 4.78 is 113. The van der Waals surface area contributed by atoms with Gasteiger partial charge in [-0.25, -0.2) is 0 Å². The molecule has 2 aromatic carbocycles. The molecule has 4 rings (SSSR count). The molecule has 2 aliphatic rings. The van der Waals surface area contributed by atoms with Crippen molar-refractivity contribution in [1.29, 1.82) is 0 Å². The molecule has 0 aromatic heterocycles. The number of carbonyl (C=O) groups excluding carboxylic acids is 1. The van der Waals surface area contributed by atoms with Crippen molar-refractivity contribution < 1.29 is 38.8 Å². The molecule has 2 aromatic rings. The highest BCUT2D eigenvalue weighted by molar-refractivity contribution is 5.80. The summed E-state index contributed by atoms with van der Waals surface area (Å²) in [4.78, 5) is 15.0. The van der Waals surface area contributed by atoms with Gasteiger partial charge in [0, 0.05) is 36.4 Å². The van der Waals surface area contributed by atoms with Crippen molar-refractivity contribution in [2.75, 3.05) is 61.5 Å². The number of likely N-dealkylation sites (N-methyl/N-ethyl adjacent to an activating group) is 1. The number of hydrogen-bond donors (Lipinski definition) is 0. The topological polar surface area (TPSA) is 60.5 Å². The first kappa shape index (κ1) is 13.8. The van der Waals surface area contributed by atoms with Crippen molar-refractivity contribution in [2.45, 2.75) is 31.6 Å². The Labute approximate surface area is 218 Å². The number of benzene rings is 2. The number of methoxy groups -OCH3 is 4. The van der Waals surface area contributed by atoms with E-state index < -0.39 is 64.1 Å². The largest absolute Gasteiger partial charge is 0.493 e. The van der Waals surface area contributed by atoms with Gasteiger partial charge < -0.3 is 28.7 Å². The fourth-order valence-corrected chi connectivity index (χ4v) is 4.09. The second-order valence-electron chi connectivity index (χ2n) is 7.98. The summed E-state index contributed by atoms with van der Waals surface area (Å²) in [7, 11) is 2.55. The van der Waals surface area contributed by atoms with E-state index in [2.05, 4.69) is 0 Å². The molecular formula is C27H36N2O5. The summed E-state index contributed by atoms with van der Waals surface area (Å²) in [5.41, 5.74) is 1.22. The number of carbonyl (C=O) groups is 1. The summed E-state index contributed by atoms with van der Waals surface area (Å²) >= 11 is 0. The first-order valence-electron chi connectivity index (χ1n) is 16.3. The fraction of sp³-hybridized carbons (Fsp3) is 0.519. The Morgan fingerprint density at radius 3 is 2.38 bits per heavy atom. The van der Waals surface area contributed by atoms with Crippen molar-refractivity contribution in [3.8, 4) is 23.0 Å². The Kier molecular flexibility index (Phi) is 4.29. The molecule has 0 spiro atoms. The highest BCUT2D eigenvalue weighted by Crippen LogP contribution is 2.42. The van der Waals surface area contributed by atoms with E-state index in [9.17, 15) is 4.79 Å². The van der Waals surface area contributed by atoms with E-state index >= 15 is 0 Å². The van der Waals surface area contributed by atoms with Gasteiger partial charge in [-0.15, -0.1) is 0 Å². The molecule has 0 fully saturated rings. The minimum absolute atomic E-state index is 0.0106. The summed E-state index contributed by atoms with van der Waals surface area (Å²) in [6.07, 6.45) is -3.61. The zero-order valence-electron chi connectivity index (χ0n) is 30.7. The fourth-order valence-electron chi connectivity index (χ4n) is 4.09. The number of nitrogens with zero attached hydrogens (tertiary/aromatic N) is 2. The third-order valence-electron chi connectivity index (χ3n) is 5.95. The molecule has 1 unspecified atom stereocenters. The van der Waals surface area contributed by atoms with Crippen LogP contribution in [0.25, 0.3) is 0 Å². The van der Waals surface area contributed by atoms with Gasteiger partial charge in [0.05, 0.1) is 38.9 Å². The van der Waals surface area contributed by atoms with Crippen molar-refractivity contribution in [1.82, 2.24) is 9.80 Å². The van der Waals surface area contributed by atoms with Gasteiger partial charge in [0.25, 0.3) is 0 Å². The lowest BCUT2D eigenvalue weighted by Gasteiger charge is -2.34. The molecule has 1 aliphatic heterocycles. The Hall–Kier alpha value is -2.93. The number of rotatable bonds is 10. The van der Waals surface area contributed by atoms with Crippen LogP contribution < -0.4 is 18.9 Å². The lowest BCUT2D eigenvalue weighted by molar-refractivity contribution is -0.130. The predicted molar refractivity (Wildman–Crippen MR) is 132 cm³/mol. The Balaban J connectivity index is 1.59. The quantitative estimate of drug-likeness (QED) is 0.521. The first-order chi connectivity index (χ1) is 20.6. The molecule has 0 saturated heterocycles. The Morgan fingerprint density at radius 2 is 1.68 bits per heavy atom. The van der Waals surface area contributed by atoms with Crippen LogP contribution in [0.3, 0.4) is 0 Å². The number of aryl methyl sites for hydroxylation is 1. The molecule has 0 N–H and O–H groups in total. The van der Waals surface area contributed by atoms with Crippen LogP contribution in [0.5, 0.6) is 23.0 Å². The van der Waals surface area contributed by atoms with E-state index in [1.807, 2.05) is 0 Å². The van der Waals surface area contributed by atoms with E-state index in [0.717, 1.165) is 22.6 Å². The van der Waals surface area contributed by atoms with Gasteiger partial charge in [-0.05, 0) is 79.3 Å². The molecule has 1 atom stereocenters. The SMILES string of the molecule is [2H]C([2H])([2H])Oc1cc2c(cc1OC)C([2H])([2H])C([2H])([2H])N(CCC([2H])([2H])N(C)C([2H])([2H])C1Cc3cc(OC)c(OC)cc31)C(=O)C2. The van der Waals surface area contributed by atoms with E-state index in [4.69, 9.17) is 34.0 Å². The van der Waals surface area contributed by atoms with E-state index in [1.165, 1.54) is 28.4 Å². The van der Waals surface area contributed by atoms with Gasteiger partial charge in [-0.3, -0.25) is 4.79 Å². The molecule has 1 amide bonds. The zero-order valence-corrected chi connectivity index (χ0v) is 19.7. The molecule has 0 radical (unpaired) electrons. The Morgan fingerprint density at radius 1 is 1.03 bits per heavy atom. The number of fused-ring (bicyclic) bond motifs is 2. The second-order valence-corrected chi connectivity index (χ2v) is 7.98. The molecule has 0 saturated carbocycles. The number of hydrogen-bond acceptors (Lipinski definition) is 6. The lowest BCUT2D eigenvalue weighted by atomic mass is 9.77. The van der Waals surface area contributed by atoms with E-state index in [-0.39, 0.29) is 22.6 Å².